The Balaban J connectivity index is 1.58. The van der Waals surface area contributed by atoms with Gasteiger partial charge in [0.1, 0.15) is 12.4 Å². The van der Waals surface area contributed by atoms with Gasteiger partial charge in [0.05, 0.1) is 0 Å². The van der Waals surface area contributed by atoms with Crippen molar-refractivity contribution in [3.05, 3.63) is 97.9 Å². The molecule has 0 spiro atoms. The second-order valence-corrected chi connectivity index (χ2v) is 8.84. The highest BCUT2D eigenvalue weighted by Crippen LogP contribution is 2.27. The molecule has 0 saturated carbocycles. The van der Waals surface area contributed by atoms with E-state index < -0.39 is 0 Å². The van der Waals surface area contributed by atoms with Crippen LogP contribution in [0.3, 0.4) is 0 Å². The van der Waals surface area contributed by atoms with E-state index in [9.17, 15) is 0 Å². The standard InChI is InChI=1S/C24H24BrCl2NO/c1-17(7-8-18-5-3-2-4-6-18)28-15-20-13-21(25)10-12-24(20)29-16-19-9-11-22(26)14-23(19)27/h2-6,9-14,17,28H,7-8,15-16H2,1H3/t17-/m1/s1. The number of aryl methyl sites for hydroxylation is 1. The van der Waals surface area contributed by atoms with Crippen LogP contribution in [0.5, 0.6) is 5.75 Å². The fraction of sp³-hybridized carbons (Fsp3) is 0.250. The van der Waals surface area contributed by atoms with Crippen molar-refractivity contribution in [2.24, 2.45) is 0 Å². The van der Waals surface area contributed by atoms with Gasteiger partial charge in [-0.1, -0.05) is 75.5 Å². The van der Waals surface area contributed by atoms with E-state index in [0.29, 0.717) is 22.7 Å². The quantitative estimate of drug-likeness (QED) is 0.335. The monoisotopic (exact) mass is 491 g/mol. The topological polar surface area (TPSA) is 21.3 Å². The highest BCUT2D eigenvalue weighted by atomic mass is 79.9. The number of ether oxygens (including phenoxy) is 1. The molecule has 0 bridgehead atoms. The van der Waals surface area contributed by atoms with Gasteiger partial charge in [-0.05, 0) is 55.7 Å². The van der Waals surface area contributed by atoms with E-state index in [-0.39, 0.29) is 0 Å². The summed E-state index contributed by atoms with van der Waals surface area (Å²) in [5.41, 5.74) is 3.39. The molecule has 5 heteroatoms. The Labute approximate surface area is 191 Å². The van der Waals surface area contributed by atoms with Gasteiger partial charge in [0.2, 0.25) is 0 Å². The molecule has 152 valence electrons. The molecule has 0 aliphatic rings. The average Bonchev–Trinajstić information content (AvgIpc) is 2.72. The van der Waals surface area contributed by atoms with Gasteiger partial charge in [-0.3, -0.25) is 0 Å². The summed E-state index contributed by atoms with van der Waals surface area (Å²) in [6.07, 6.45) is 2.14. The van der Waals surface area contributed by atoms with Crippen LogP contribution in [0, 0.1) is 0 Å². The Hall–Kier alpha value is -1.52. The number of rotatable bonds is 9. The number of benzene rings is 3. The molecule has 3 aromatic rings. The highest BCUT2D eigenvalue weighted by Gasteiger charge is 2.09. The third-order valence-electron chi connectivity index (χ3n) is 4.77. The van der Waals surface area contributed by atoms with Crippen molar-refractivity contribution in [2.75, 3.05) is 0 Å². The van der Waals surface area contributed by atoms with Crippen molar-refractivity contribution in [3.8, 4) is 5.75 Å². The van der Waals surface area contributed by atoms with Crippen molar-refractivity contribution in [1.82, 2.24) is 5.32 Å². The van der Waals surface area contributed by atoms with E-state index in [1.54, 1.807) is 6.07 Å². The third kappa shape index (κ3) is 7.04. The maximum Gasteiger partial charge on any atom is 0.124 e. The van der Waals surface area contributed by atoms with E-state index in [0.717, 1.165) is 40.7 Å². The van der Waals surface area contributed by atoms with E-state index >= 15 is 0 Å². The van der Waals surface area contributed by atoms with Gasteiger partial charge in [-0.25, -0.2) is 0 Å². The summed E-state index contributed by atoms with van der Waals surface area (Å²) in [4.78, 5) is 0. The minimum Gasteiger partial charge on any atom is -0.489 e. The lowest BCUT2D eigenvalue weighted by Gasteiger charge is -2.17. The average molecular weight is 493 g/mol. The molecule has 0 amide bonds. The van der Waals surface area contributed by atoms with Crippen molar-refractivity contribution >= 4 is 39.1 Å². The first-order valence-corrected chi connectivity index (χ1v) is 11.2. The molecule has 0 heterocycles. The molecule has 0 fully saturated rings. The summed E-state index contributed by atoms with van der Waals surface area (Å²) in [5, 5.41) is 4.85. The van der Waals surface area contributed by atoms with E-state index in [1.807, 2.05) is 24.3 Å². The van der Waals surface area contributed by atoms with Gasteiger partial charge >= 0.3 is 0 Å². The van der Waals surface area contributed by atoms with Gasteiger partial charge < -0.3 is 10.1 Å². The molecule has 3 aromatic carbocycles. The lowest BCUT2D eigenvalue weighted by atomic mass is 10.1. The van der Waals surface area contributed by atoms with Gasteiger partial charge in [0, 0.05) is 38.2 Å². The second-order valence-electron chi connectivity index (χ2n) is 7.08. The summed E-state index contributed by atoms with van der Waals surface area (Å²) >= 11 is 15.8. The molecule has 0 aliphatic carbocycles. The summed E-state index contributed by atoms with van der Waals surface area (Å²) < 4.78 is 7.10. The van der Waals surface area contributed by atoms with Crippen LogP contribution in [-0.4, -0.2) is 6.04 Å². The zero-order valence-corrected chi connectivity index (χ0v) is 19.4. The second kappa shape index (κ2) is 11.0. The molecule has 0 aromatic heterocycles. The fourth-order valence-electron chi connectivity index (χ4n) is 3.04. The zero-order valence-electron chi connectivity index (χ0n) is 16.3. The number of halogens is 3. The molecule has 0 aliphatic heterocycles. The highest BCUT2D eigenvalue weighted by molar-refractivity contribution is 9.10. The van der Waals surface area contributed by atoms with Crippen LogP contribution < -0.4 is 10.1 Å². The predicted molar refractivity (Wildman–Crippen MR) is 126 cm³/mol. The van der Waals surface area contributed by atoms with Gasteiger partial charge in [0.25, 0.3) is 0 Å². The Morgan fingerprint density at radius 1 is 0.966 bits per heavy atom. The minimum atomic E-state index is 0.396. The molecular weight excluding hydrogens is 469 g/mol. The van der Waals surface area contributed by atoms with E-state index in [4.69, 9.17) is 27.9 Å². The van der Waals surface area contributed by atoms with Crippen LogP contribution in [0.15, 0.2) is 71.2 Å². The molecular formula is C24H24BrCl2NO. The fourth-order valence-corrected chi connectivity index (χ4v) is 3.91. The first-order chi connectivity index (χ1) is 14.0. The third-order valence-corrected chi connectivity index (χ3v) is 5.85. The molecule has 2 nitrogen and oxygen atoms in total. The van der Waals surface area contributed by atoms with Crippen LogP contribution in [0.1, 0.15) is 30.0 Å². The van der Waals surface area contributed by atoms with Crippen LogP contribution in [0.2, 0.25) is 10.0 Å². The smallest absolute Gasteiger partial charge is 0.124 e. The number of nitrogens with one attached hydrogen (secondary N) is 1. The number of hydrogen-bond acceptors (Lipinski definition) is 2. The predicted octanol–water partition coefficient (Wildman–Crippen LogP) is 7.45. The summed E-state index contributed by atoms with van der Waals surface area (Å²) in [6.45, 7) is 3.35. The van der Waals surface area contributed by atoms with Crippen molar-refractivity contribution < 1.29 is 4.74 Å². The van der Waals surface area contributed by atoms with Crippen LogP contribution in [0.25, 0.3) is 0 Å². The Kier molecular flexibility index (Phi) is 8.43. The molecule has 1 N–H and O–H groups in total. The van der Waals surface area contributed by atoms with Crippen molar-refractivity contribution in [2.45, 2.75) is 39.0 Å². The largest absolute Gasteiger partial charge is 0.489 e. The molecule has 1 atom stereocenters. The summed E-state index contributed by atoms with van der Waals surface area (Å²) in [5.74, 6) is 0.849. The maximum atomic E-state index is 6.26. The molecule has 0 saturated heterocycles. The lowest BCUT2D eigenvalue weighted by Crippen LogP contribution is -2.26. The first kappa shape index (κ1) is 22.2. The first-order valence-electron chi connectivity index (χ1n) is 9.63. The van der Waals surface area contributed by atoms with Crippen LogP contribution in [0.4, 0.5) is 0 Å². The van der Waals surface area contributed by atoms with Crippen LogP contribution >= 0.6 is 39.1 Å². The SMILES string of the molecule is C[C@H](CCc1ccccc1)NCc1cc(Br)ccc1OCc1ccc(Cl)cc1Cl. The van der Waals surface area contributed by atoms with Crippen molar-refractivity contribution in [3.63, 3.8) is 0 Å². The zero-order chi connectivity index (χ0) is 20.6. The summed E-state index contributed by atoms with van der Waals surface area (Å²) in [6, 6.07) is 22.5. The van der Waals surface area contributed by atoms with E-state index in [2.05, 4.69) is 64.6 Å². The van der Waals surface area contributed by atoms with Gasteiger partial charge in [-0.15, -0.1) is 0 Å². The Bertz CT molecular complexity index is 933. The lowest BCUT2D eigenvalue weighted by molar-refractivity contribution is 0.301. The minimum absolute atomic E-state index is 0.396. The van der Waals surface area contributed by atoms with E-state index in [1.165, 1.54) is 5.56 Å². The maximum absolute atomic E-state index is 6.26. The molecule has 3 rings (SSSR count). The molecule has 0 radical (unpaired) electrons. The molecule has 0 unspecified atom stereocenters. The Morgan fingerprint density at radius 2 is 1.76 bits per heavy atom. The number of hydrogen-bond donors (Lipinski definition) is 1. The van der Waals surface area contributed by atoms with Gasteiger partial charge in [0.15, 0.2) is 0 Å². The molecule has 29 heavy (non-hydrogen) atoms. The normalized spacial score (nSPS) is 12.0. The van der Waals surface area contributed by atoms with Crippen LogP contribution in [-0.2, 0) is 19.6 Å². The van der Waals surface area contributed by atoms with Crippen molar-refractivity contribution in [1.29, 1.82) is 0 Å². The van der Waals surface area contributed by atoms with Gasteiger partial charge in [-0.2, -0.15) is 0 Å². The summed E-state index contributed by atoms with van der Waals surface area (Å²) in [7, 11) is 0. The Morgan fingerprint density at radius 3 is 2.52 bits per heavy atom.